The van der Waals surface area contributed by atoms with E-state index in [1.54, 1.807) is 0 Å². The lowest BCUT2D eigenvalue weighted by molar-refractivity contribution is 0.103. The fourth-order valence-electron chi connectivity index (χ4n) is 5.55. The molecule has 182 valence electrons. The van der Waals surface area contributed by atoms with Gasteiger partial charge in [0.15, 0.2) is 5.78 Å². The van der Waals surface area contributed by atoms with Crippen LogP contribution in [-0.2, 0) is 6.54 Å². The molecule has 6 rings (SSSR count). The number of piperidine rings is 1. The number of aryl methyl sites for hydroxylation is 1. The number of hydrogen-bond donors (Lipinski definition) is 2. The van der Waals surface area contributed by atoms with Crippen LogP contribution in [0.2, 0.25) is 0 Å². The van der Waals surface area contributed by atoms with Crippen LogP contribution in [0, 0.1) is 5.92 Å². The SMILES string of the molecule is O=C(c1ccccc1)c1ccc2nc(-c3cccc4c3ccn4CCCCC3CCNCC3)[nH]c2c1. The zero-order valence-corrected chi connectivity index (χ0v) is 20.5. The maximum absolute atomic E-state index is 12.9. The fourth-order valence-corrected chi connectivity index (χ4v) is 5.55. The maximum atomic E-state index is 12.9. The molecule has 0 bridgehead atoms. The van der Waals surface area contributed by atoms with Crippen LogP contribution < -0.4 is 5.32 Å². The molecule has 1 aliphatic rings. The summed E-state index contributed by atoms with van der Waals surface area (Å²) >= 11 is 0. The minimum atomic E-state index is 0.0213. The number of carbonyl (C=O) groups is 1. The first kappa shape index (κ1) is 22.7. The van der Waals surface area contributed by atoms with E-state index < -0.39 is 0 Å². The third kappa shape index (κ3) is 4.59. The Balaban J connectivity index is 1.21. The standard InChI is InChI=1S/C31H32N4O/c36-30(23-8-2-1-3-9-23)24-12-13-27-28(21-24)34-31(33-27)26-10-6-11-29-25(26)16-20-35(29)19-5-4-7-22-14-17-32-18-15-22/h1-3,6,8-13,16,20-22,32H,4-5,7,14-15,17-19H2,(H,33,34). The molecule has 3 heterocycles. The average Bonchev–Trinajstić information content (AvgIpc) is 3.55. The molecule has 1 fully saturated rings. The predicted molar refractivity (Wildman–Crippen MR) is 146 cm³/mol. The highest BCUT2D eigenvalue weighted by molar-refractivity contribution is 6.10. The quantitative estimate of drug-likeness (QED) is 0.196. The van der Waals surface area contributed by atoms with E-state index in [9.17, 15) is 4.79 Å². The van der Waals surface area contributed by atoms with E-state index in [0.717, 1.165) is 34.9 Å². The topological polar surface area (TPSA) is 62.7 Å². The van der Waals surface area contributed by atoms with Crippen LogP contribution in [0.3, 0.4) is 0 Å². The Kier molecular flexibility index (Phi) is 6.39. The van der Waals surface area contributed by atoms with Gasteiger partial charge in [0.05, 0.1) is 11.0 Å². The molecular formula is C31H32N4O. The van der Waals surface area contributed by atoms with Crippen molar-refractivity contribution >= 4 is 27.7 Å². The van der Waals surface area contributed by atoms with Crippen molar-refractivity contribution in [3.63, 3.8) is 0 Å². The van der Waals surface area contributed by atoms with Crippen LogP contribution in [0.4, 0.5) is 0 Å². The lowest BCUT2D eigenvalue weighted by Gasteiger charge is -2.22. The monoisotopic (exact) mass is 476 g/mol. The van der Waals surface area contributed by atoms with Gasteiger partial charge in [0.1, 0.15) is 5.82 Å². The van der Waals surface area contributed by atoms with Crippen molar-refractivity contribution in [1.29, 1.82) is 0 Å². The van der Waals surface area contributed by atoms with Crippen molar-refractivity contribution in [2.75, 3.05) is 13.1 Å². The van der Waals surface area contributed by atoms with Gasteiger partial charge < -0.3 is 14.9 Å². The maximum Gasteiger partial charge on any atom is 0.193 e. The molecule has 0 unspecified atom stereocenters. The Labute approximate surface area is 211 Å². The highest BCUT2D eigenvalue weighted by Gasteiger charge is 2.15. The molecule has 0 aliphatic carbocycles. The van der Waals surface area contributed by atoms with Crippen LogP contribution >= 0.6 is 0 Å². The first-order chi connectivity index (χ1) is 17.8. The molecule has 3 aromatic carbocycles. The van der Waals surface area contributed by atoms with Gasteiger partial charge in [-0.3, -0.25) is 4.79 Å². The van der Waals surface area contributed by atoms with E-state index in [4.69, 9.17) is 4.98 Å². The predicted octanol–water partition coefficient (Wildman–Crippen LogP) is 6.59. The molecule has 1 saturated heterocycles. The van der Waals surface area contributed by atoms with Crippen LogP contribution in [0.1, 0.15) is 48.0 Å². The zero-order valence-electron chi connectivity index (χ0n) is 20.5. The molecule has 5 nitrogen and oxygen atoms in total. The molecule has 0 atom stereocenters. The first-order valence-corrected chi connectivity index (χ1v) is 13.1. The van der Waals surface area contributed by atoms with Crippen molar-refractivity contribution in [2.45, 2.75) is 38.6 Å². The van der Waals surface area contributed by atoms with Crippen LogP contribution in [0.5, 0.6) is 0 Å². The number of carbonyl (C=O) groups excluding carboxylic acids is 1. The number of rotatable bonds is 8. The van der Waals surface area contributed by atoms with Gasteiger partial charge in [0.2, 0.25) is 0 Å². The van der Waals surface area contributed by atoms with Crippen molar-refractivity contribution in [3.8, 4) is 11.4 Å². The second kappa shape index (κ2) is 10.1. The second-order valence-corrected chi connectivity index (χ2v) is 9.95. The molecule has 0 amide bonds. The van der Waals surface area contributed by atoms with E-state index in [0.29, 0.717) is 11.1 Å². The number of hydrogen-bond acceptors (Lipinski definition) is 3. The number of imidazole rings is 1. The number of aromatic nitrogens is 3. The summed E-state index contributed by atoms with van der Waals surface area (Å²) in [6.07, 6.45) is 8.71. The van der Waals surface area contributed by atoms with E-state index in [1.807, 2.05) is 48.5 Å². The number of ketones is 1. The molecular weight excluding hydrogens is 444 g/mol. The number of nitrogens with zero attached hydrogens (tertiary/aromatic N) is 2. The fraction of sp³-hybridized carbons (Fsp3) is 0.290. The van der Waals surface area contributed by atoms with Gasteiger partial charge in [-0.05, 0) is 68.6 Å². The zero-order chi connectivity index (χ0) is 24.3. The second-order valence-electron chi connectivity index (χ2n) is 9.95. The van der Waals surface area contributed by atoms with Crippen molar-refractivity contribution in [3.05, 3.63) is 90.1 Å². The molecule has 0 radical (unpaired) electrons. The summed E-state index contributed by atoms with van der Waals surface area (Å²) in [4.78, 5) is 21.2. The third-order valence-electron chi connectivity index (χ3n) is 7.57. The third-order valence-corrected chi connectivity index (χ3v) is 7.57. The normalized spacial score (nSPS) is 14.6. The van der Waals surface area contributed by atoms with E-state index >= 15 is 0 Å². The van der Waals surface area contributed by atoms with Crippen LogP contribution in [-0.4, -0.2) is 33.4 Å². The Bertz CT molecular complexity index is 1490. The number of unbranched alkanes of at least 4 members (excludes halogenated alkanes) is 1. The van der Waals surface area contributed by atoms with Crippen LogP contribution in [0.25, 0.3) is 33.3 Å². The summed E-state index contributed by atoms with van der Waals surface area (Å²) in [6.45, 7) is 3.41. The van der Waals surface area contributed by atoms with Crippen molar-refractivity contribution in [1.82, 2.24) is 19.9 Å². The number of aromatic amines is 1. The smallest absolute Gasteiger partial charge is 0.193 e. The van der Waals surface area contributed by atoms with Crippen molar-refractivity contribution in [2.24, 2.45) is 5.92 Å². The van der Waals surface area contributed by atoms with Gasteiger partial charge in [-0.25, -0.2) is 4.98 Å². The van der Waals surface area contributed by atoms with Gasteiger partial charge in [-0.2, -0.15) is 0 Å². The summed E-state index contributed by atoms with van der Waals surface area (Å²) in [5.74, 6) is 1.76. The molecule has 0 spiro atoms. The van der Waals surface area contributed by atoms with Gasteiger partial charge in [-0.1, -0.05) is 55.3 Å². The van der Waals surface area contributed by atoms with E-state index in [2.05, 4.69) is 45.3 Å². The summed E-state index contributed by atoms with van der Waals surface area (Å²) in [6, 6.07) is 23.7. The molecule has 5 aromatic rings. The van der Waals surface area contributed by atoms with Gasteiger partial charge >= 0.3 is 0 Å². The number of nitrogens with one attached hydrogen (secondary N) is 2. The molecule has 5 heteroatoms. The number of fused-ring (bicyclic) bond motifs is 2. The highest BCUT2D eigenvalue weighted by Crippen LogP contribution is 2.30. The number of benzene rings is 3. The first-order valence-electron chi connectivity index (χ1n) is 13.1. The number of H-pyrrole nitrogens is 1. The molecule has 2 aromatic heterocycles. The van der Waals surface area contributed by atoms with Gasteiger partial charge in [0, 0.05) is 40.3 Å². The lowest BCUT2D eigenvalue weighted by Crippen LogP contribution is -2.27. The summed E-state index contributed by atoms with van der Waals surface area (Å²) in [5.41, 5.74) is 5.43. The largest absolute Gasteiger partial charge is 0.347 e. The van der Waals surface area contributed by atoms with Crippen LogP contribution in [0.15, 0.2) is 79.0 Å². The van der Waals surface area contributed by atoms with E-state index in [-0.39, 0.29) is 5.78 Å². The molecule has 0 saturated carbocycles. The summed E-state index contributed by atoms with van der Waals surface area (Å²) in [5, 5.41) is 4.67. The Morgan fingerprint density at radius 2 is 1.78 bits per heavy atom. The minimum Gasteiger partial charge on any atom is -0.347 e. The molecule has 2 N–H and O–H groups in total. The van der Waals surface area contributed by atoms with Gasteiger partial charge in [-0.15, -0.1) is 0 Å². The van der Waals surface area contributed by atoms with Gasteiger partial charge in [0.25, 0.3) is 0 Å². The lowest BCUT2D eigenvalue weighted by atomic mass is 9.92. The summed E-state index contributed by atoms with van der Waals surface area (Å²) < 4.78 is 2.38. The Morgan fingerprint density at radius 3 is 2.64 bits per heavy atom. The molecule has 36 heavy (non-hydrogen) atoms. The minimum absolute atomic E-state index is 0.0213. The molecule has 1 aliphatic heterocycles. The van der Waals surface area contributed by atoms with E-state index in [1.165, 1.54) is 56.1 Å². The summed E-state index contributed by atoms with van der Waals surface area (Å²) in [7, 11) is 0. The average molecular weight is 477 g/mol. The van der Waals surface area contributed by atoms with Crippen molar-refractivity contribution < 1.29 is 4.79 Å². The highest BCUT2D eigenvalue weighted by atomic mass is 16.1. The Hall–Kier alpha value is -3.70. The Morgan fingerprint density at radius 1 is 0.917 bits per heavy atom.